The second-order valence-electron chi connectivity index (χ2n) is 6.09. The summed E-state index contributed by atoms with van der Waals surface area (Å²) in [6.07, 6.45) is 0.872. The van der Waals surface area contributed by atoms with Crippen molar-refractivity contribution < 1.29 is 19.0 Å². The molecule has 1 aromatic carbocycles. The number of tetrazole rings is 1. The van der Waals surface area contributed by atoms with Crippen LogP contribution in [-0.2, 0) is 17.9 Å². The smallest absolute Gasteiger partial charge is 0.338 e. The molecule has 0 unspecified atom stereocenters. The molecule has 0 N–H and O–H groups in total. The summed E-state index contributed by atoms with van der Waals surface area (Å²) in [5.41, 5.74) is 0.262. The lowest BCUT2D eigenvalue weighted by molar-refractivity contribution is 0.0456. The Morgan fingerprint density at radius 3 is 2.77 bits per heavy atom. The molecule has 0 spiro atoms. The maximum atomic E-state index is 12.4. The van der Waals surface area contributed by atoms with Gasteiger partial charge in [0.2, 0.25) is 0 Å². The number of esters is 1. The van der Waals surface area contributed by atoms with Crippen LogP contribution in [0.4, 0.5) is 0 Å². The Hall–Kier alpha value is -2.35. The Morgan fingerprint density at radius 1 is 1.35 bits per heavy atom. The van der Waals surface area contributed by atoms with Gasteiger partial charge in [-0.15, -0.1) is 5.10 Å². The number of hydrogen-bond donors (Lipinski definition) is 0. The number of nitrogens with zero attached hydrogens (tertiary/aromatic N) is 4. The van der Waals surface area contributed by atoms with E-state index >= 15 is 0 Å². The average Bonchev–Trinajstić information content (AvgIpc) is 3.05. The number of halogens is 1. The lowest BCUT2D eigenvalue weighted by Crippen LogP contribution is -2.12. The standard InChI is InChI=1S/C17H23ClN4O4/c1-5-6-22-15(19-20-21-22)10-26-17(23)12-7-13(18)16(14(8-12)24-4)25-9-11(2)3/h7-8,11H,5-6,9-10H2,1-4H3. The molecule has 9 heteroatoms. The van der Waals surface area contributed by atoms with Crippen LogP contribution >= 0.6 is 11.6 Å². The first kappa shape index (κ1) is 20.0. The highest BCUT2D eigenvalue weighted by Crippen LogP contribution is 2.37. The molecule has 0 aliphatic rings. The van der Waals surface area contributed by atoms with E-state index in [9.17, 15) is 4.79 Å². The lowest BCUT2D eigenvalue weighted by atomic mass is 10.2. The maximum Gasteiger partial charge on any atom is 0.338 e. The first-order valence-electron chi connectivity index (χ1n) is 8.38. The quantitative estimate of drug-likeness (QED) is 0.615. The summed E-state index contributed by atoms with van der Waals surface area (Å²) in [7, 11) is 1.49. The van der Waals surface area contributed by atoms with Crippen LogP contribution in [0, 0.1) is 5.92 Å². The number of ether oxygens (including phenoxy) is 3. The van der Waals surface area contributed by atoms with Crippen LogP contribution in [-0.4, -0.2) is 39.9 Å². The number of aryl methyl sites for hydroxylation is 1. The summed E-state index contributed by atoms with van der Waals surface area (Å²) in [6, 6.07) is 3.04. The second kappa shape index (κ2) is 9.38. The van der Waals surface area contributed by atoms with Crippen molar-refractivity contribution in [1.29, 1.82) is 0 Å². The van der Waals surface area contributed by atoms with Crippen LogP contribution < -0.4 is 9.47 Å². The number of benzene rings is 1. The van der Waals surface area contributed by atoms with Gasteiger partial charge >= 0.3 is 5.97 Å². The molecule has 2 aromatic rings. The fourth-order valence-corrected chi connectivity index (χ4v) is 2.42. The molecule has 0 atom stereocenters. The van der Waals surface area contributed by atoms with Gasteiger partial charge in [0.1, 0.15) is 0 Å². The molecule has 8 nitrogen and oxygen atoms in total. The first-order chi connectivity index (χ1) is 12.5. The van der Waals surface area contributed by atoms with E-state index in [0.29, 0.717) is 36.4 Å². The van der Waals surface area contributed by atoms with Crippen molar-refractivity contribution in [2.24, 2.45) is 5.92 Å². The summed E-state index contributed by atoms with van der Waals surface area (Å²) in [4.78, 5) is 12.4. The van der Waals surface area contributed by atoms with E-state index in [4.69, 9.17) is 25.8 Å². The highest BCUT2D eigenvalue weighted by atomic mass is 35.5. The zero-order valence-electron chi connectivity index (χ0n) is 15.4. The molecule has 0 saturated heterocycles. The van der Waals surface area contributed by atoms with Gasteiger partial charge in [0.15, 0.2) is 23.9 Å². The summed E-state index contributed by atoms with van der Waals surface area (Å²) in [5, 5.41) is 11.6. The Bertz CT molecular complexity index is 748. The summed E-state index contributed by atoms with van der Waals surface area (Å²) in [5.74, 6) is 1.04. The van der Waals surface area contributed by atoms with Gasteiger partial charge in [0, 0.05) is 6.54 Å². The normalized spacial score (nSPS) is 10.8. The molecule has 0 aliphatic carbocycles. The molecule has 0 fully saturated rings. The van der Waals surface area contributed by atoms with Crippen LogP contribution in [0.25, 0.3) is 0 Å². The molecule has 2 rings (SSSR count). The molecular weight excluding hydrogens is 360 g/mol. The number of carbonyl (C=O) groups is 1. The molecule has 1 aromatic heterocycles. The minimum atomic E-state index is -0.549. The fraction of sp³-hybridized carbons (Fsp3) is 0.529. The number of carbonyl (C=O) groups excluding carboxylic acids is 1. The van der Waals surface area contributed by atoms with E-state index in [-0.39, 0.29) is 17.2 Å². The van der Waals surface area contributed by atoms with Gasteiger partial charge in [-0.25, -0.2) is 9.48 Å². The molecular formula is C17H23ClN4O4. The SMILES string of the molecule is CCCn1nnnc1COC(=O)c1cc(Cl)c(OCC(C)C)c(OC)c1. The van der Waals surface area contributed by atoms with E-state index in [2.05, 4.69) is 15.5 Å². The van der Waals surface area contributed by atoms with Crippen molar-refractivity contribution in [2.75, 3.05) is 13.7 Å². The third-order valence-corrected chi connectivity index (χ3v) is 3.68. The zero-order valence-corrected chi connectivity index (χ0v) is 16.1. The van der Waals surface area contributed by atoms with Crippen LogP contribution in [0.3, 0.4) is 0 Å². The predicted molar refractivity (Wildman–Crippen MR) is 95.6 cm³/mol. The third-order valence-electron chi connectivity index (χ3n) is 3.40. The summed E-state index contributed by atoms with van der Waals surface area (Å²) >= 11 is 6.26. The summed E-state index contributed by atoms with van der Waals surface area (Å²) < 4.78 is 17.9. The predicted octanol–water partition coefficient (Wildman–Crippen LogP) is 3.14. The van der Waals surface area contributed by atoms with E-state index < -0.39 is 5.97 Å². The van der Waals surface area contributed by atoms with Crippen molar-refractivity contribution in [1.82, 2.24) is 20.2 Å². The van der Waals surface area contributed by atoms with E-state index in [0.717, 1.165) is 6.42 Å². The van der Waals surface area contributed by atoms with Crippen molar-refractivity contribution in [3.63, 3.8) is 0 Å². The van der Waals surface area contributed by atoms with E-state index in [1.807, 2.05) is 20.8 Å². The van der Waals surface area contributed by atoms with Gasteiger partial charge < -0.3 is 14.2 Å². The number of hydrogen-bond acceptors (Lipinski definition) is 7. The maximum absolute atomic E-state index is 12.4. The lowest BCUT2D eigenvalue weighted by Gasteiger charge is -2.15. The van der Waals surface area contributed by atoms with Gasteiger partial charge in [0.05, 0.1) is 24.3 Å². The molecule has 0 bridgehead atoms. The van der Waals surface area contributed by atoms with E-state index in [1.54, 1.807) is 10.7 Å². The molecule has 1 heterocycles. The monoisotopic (exact) mass is 382 g/mol. The van der Waals surface area contributed by atoms with Gasteiger partial charge in [-0.1, -0.05) is 32.4 Å². The largest absolute Gasteiger partial charge is 0.493 e. The van der Waals surface area contributed by atoms with Crippen molar-refractivity contribution in [2.45, 2.75) is 40.3 Å². The number of methoxy groups -OCH3 is 1. The second-order valence-corrected chi connectivity index (χ2v) is 6.50. The molecule has 26 heavy (non-hydrogen) atoms. The minimum Gasteiger partial charge on any atom is -0.493 e. The Balaban J connectivity index is 2.11. The highest BCUT2D eigenvalue weighted by molar-refractivity contribution is 6.32. The summed E-state index contributed by atoms with van der Waals surface area (Å²) in [6.45, 7) is 7.17. The molecule has 0 radical (unpaired) electrons. The average molecular weight is 383 g/mol. The number of rotatable bonds is 9. The molecule has 142 valence electrons. The van der Waals surface area contributed by atoms with Crippen molar-refractivity contribution in [3.05, 3.63) is 28.5 Å². The van der Waals surface area contributed by atoms with Crippen molar-refractivity contribution >= 4 is 17.6 Å². The van der Waals surface area contributed by atoms with Crippen LogP contribution in [0.15, 0.2) is 12.1 Å². The van der Waals surface area contributed by atoms with Gasteiger partial charge in [-0.2, -0.15) is 0 Å². The van der Waals surface area contributed by atoms with Crippen LogP contribution in [0.1, 0.15) is 43.4 Å². The third kappa shape index (κ3) is 5.08. The Labute approximate surface area is 157 Å². The Morgan fingerprint density at radius 2 is 2.12 bits per heavy atom. The minimum absolute atomic E-state index is 0.0304. The van der Waals surface area contributed by atoms with Crippen molar-refractivity contribution in [3.8, 4) is 11.5 Å². The highest BCUT2D eigenvalue weighted by Gasteiger charge is 2.18. The van der Waals surface area contributed by atoms with Gasteiger partial charge in [0.25, 0.3) is 0 Å². The number of aromatic nitrogens is 4. The first-order valence-corrected chi connectivity index (χ1v) is 8.76. The molecule has 0 saturated carbocycles. The Kier molecular flexibility index (Phi) is 7.20. The van der Waals surface area contributed by atoms with Gasteiger partial charge in [-0.05, 0) is 34.9 Å². The molecule has 0 aliphatic heterocycles. The van der Waals surface area contributed by atoms with Crippen LogP contribution in [0.2, 0.25) is 5.02 Å². The van der Waals surface area contributed by atoms with Gasteiger partial charge in [-0.3, -0.25) is 0 Å². The fourth-order valence-electron chi connectivity index (χ4n) is 2.15. The van der Waals surface area contributed by atoms with E-state index in [1.165, 1.54) is 13.2 Å². The molecule has 0 amide bonds. The van der Waals surface area contributed by atoms with Crippen LogP contribution in [0.5, 0.6) is 11.5 Å². The topological polar surface area (TPSA) is 88.4 Å². The zero-order chi connectivity index (χ0) is 19.1.